The summed E-state index contributed by atoms with van der Waals surface area (Å²) in [5, 5.41) is 0. The molecule has 160 valence electrons. The van der Waals surface area contributed by atoms with Crippen molar-refractivity contribution in [2.75, 3.05) is 20.3 Å². The Labute approximate surface area is 167 Å². The van der Waals surface area contributed by atoms with Gasteiger partial charge in [0.15, 0.2) is 0 Å². The summed E-state index contributed by atoms with van der Waals surface area (Å²) in [6.07, 6.45) is -4.35. The van der Waals surface area contributed by atoms with Gasteiger partial charge in [0.25, 0.3) is 0 Å². The van der Waals surface area contributed by atoms with Crippen molar-refractivity contribution >= 4 is 17.8 Å². The number of methoxy groups -OCH3 is 1. The fourth-order valence-electron chi connectivity index (χ4n) is 3.50. The molecule has 1 aliphatic heterocycles. The van der Waals surface area contributed by atoms with Crippen LogP contribution in [0.5, 0.6) is 0 Å². The fraction of sp³-hybridized carbons (Fsp3) is 0.550. The highest BCUT2D eigenvalue weighted by atomic mass is 19.4. The Morgan fingerprint density at radius 1 is 1.17 bits per heavy atom. The molecule has 0 unspecified atom stereocenters. The third kappa shape index (κ3) is 6.20. The molecule has 1 aliphatic rings. The van der Waals surface area contributed by atoms with Crippen molar-refractivity contribution in [3.8, 4) is 0 Å². The van der Waals surface area contributed by atoms with Gasteiger partial charge in [-0.1, -0.05) is 12.1 Å². The Morgan fingerprint density at radius 2 is 1.83 bits per heavy atom. The second-order valence-electron chi connectivity index (χ2n) is 6.89. The first-order valence-electron chi connectivity index (χ1n) is 9.34. The van der Waals surface area contributed by atoms with E-state index in [0.29, 0.717) is 18.4 Å². The van der Waals surface area contributed by atoms with Crippen LogP contribution in [0, 0.1) is 5.92 Å². The number of benzene rings is 1. The molecular formula is C20H24F3NO5. The zero-order chi connectivity index (χ0) is 21.6. The molecule has 0 saturated carbocycles. The predicted octanol–water partition coefficient (Wildman–Crippen LogP) is 3.62. The number of likely N-dealkylation sites (tertiary alicyclic amines) is 1. The Bertz CT molecular complexity index is 733. The fourth-order valence-corrected chi connectivity index (χ4v) is 3.50. The van der Waals surface area contributed by atoms with Gasteiger partial charge in [-0.05, 0) is 43.9 Å². The summed E-state index contributed by atoms with van der Waals surface area (Å²) >= 11 is 0. The van der Waals surface area contributed by atoms with Crippen LogP contribution in [0.1, 0.15) is 37.3 Å². The summed E-state index contributed by atoms with van der Waals surface area (Å²) in [6.45, 7) is 2.10. The van der Waals surface area contributed by atoms with Crippen molar-refractivity contribution in [2.24, 2.45) is 5.92 Å². The first-order valence-corrected chi connectivity index (χ1v) is 9.34. The average molecular weight is 415 g/mol. The molecule has 1 fully saturated rings. The highest BCUT2D eigenvalue weighted by molar-refractivity contribution is 5.96. The Hall–Kier alpha value is -2.58. The second-order valence-corrected chi connectivity index (χ2v) is 6.89. The first kappa shape index (κ1) is 22.7. The Kier molecular flexibility index (Phi) is 7.64. The quantitative estimate of drug-likeness (QED) is 0.524. The molecule has 1 heterocycles. The van der Waals surface area contributed by atoms with Crippen LogP contribution in [0.25, 0.3) is 0 Å². The molecule has 6 nitrogen and oxygen atoms in total. The summed E-state index contributed by atoms with van der Waals surface area (Å²) in [5.41, 5.74) is -0.146. The normalized spacial score (nSPS) is 19.6. The summed E-state index contributed by atoms with van der Waals surface area (Å²) in [6, 6.07) is 4.28. The van der Waals surface area contributed by atoms with Crippen molar-refractivity contribution in [3.63, 3.8) is 0 Å². The molecule has 1 saturated heterocycles. The number of hydrogen-bond donors (Lipinski definition) is 0. The van der Waals surface area contributed by atoms with Gasteiger partial charge in [-0.3, -0.25) is 9.59 Å². The second kappa shape index (κ2) is 9.76. The van der Waals surface area contributed by atoms with Gasteiger partial charge in [0.05, 0.1) is 19.3 Å². The van der Waals surface area contributed by atoms with Crippen LogP contribution in [0.2, 0.25) is 0 Å². The van der Waals surface area contributed by atoms with Crippen LogP contribution in [-0.4, -0.2) is 49.0 Å². The molecule has 0 spiro atoms. The molecule has 29 heavy (non-hydrogen) atoms. The third-order valence-corrected chi connectivity index (χ3v) is 4.96. The van der Waals surface area contributed by atoms with Crippen molar-refractivity contribution in [2.45, 2.75) is 44.8 Å². The predicted molar refractivity (Wildman–Crippen MR) is 97.0 cm³/mol. The molecule has 0 radical (unpaired) electrons. The van der Waals surface area contributed by atoms with Crippen LogP contribution < -0.4 is 0 Å². The number of piperidine rings is 1. The summed E-state index contributed by atoms with van der Waals surface area (Å²) in [4.78, 5) is 37.6. The lowest BCUT2D eigenvalue weighted by atomic mass is 9.84. The van der Waals surface area contributed by atoms with Crippen LogP contribution in [0.4, 0.5) is 18.0 Å². The monoisotopic (exact) mass is 415 g/mol. The largest absolute Gasteiger partial charge is 0.466 e. The number of carbonyl (C=O) groups is 3. The van der Waals surface area contributed by atoms with E-state index in [-0.39, 0.29) is 31.8 Å². The van der Waals surface area contributed by atoms with Gasteiger partial charge in [-0.25, -0.2) is 4.79 Å². The lowest BCUT2D eigenvalue weighted by Crippen LogP contribution is -2.48. The number of esters is 1. The Balaban J connectivity index is 2.12. The number of halogens is 3. The molecule has 0 aliphatic carbocycles. The molecule has 2 atom stereocenters. The maximum Gasteiger partial charge on any atom is 0.416 e. The highest BCUT2D eigenvalue weighted by Gasteiger charge is 2.36. The number of carbonyl (C=O) groups excluding carboxylic acids is 3. The van der Waals surface area contributed by atoms with Crippen molar-refractivity contribution in [1.29, 1.82) is 0 Å². The molecule has 1 amide bonds. The molecule has 1 aromatic carbocycles. The van der Waals surface area contributed by atoms with Crippen molar-refractivity contribution in [3.05, 3.63) is 35.4 Å². The van der Waals surface area contributed by atoms with E-state index in [4.69, 9.17) is 9.47 Å². The number of rotatable bonds is 6. The highest BCUT2D eigenvalue weighted by Crippen LogP contribution is 2.31. The van der Waals surface area contributed by atoms with Gasteiger partial charge in [0.1, 0.15) is 12.2 Å². The molecule has 0 aromatic heterocycles. The van der Waals surface area contributed by atoms with Gasteiger partial charge in [0.2, 0.25) is 0 Å². The summed E-state index contributed by atoms with van der Waals surface area (Å²) in [7, 11) is 1.25. The lowest BCUT2D eigenvalue weighted by molar-refractivity contribution is -0.146. The topological polar surface area (TPSA) is 72.9 Å². The Morgan fingerprint density at radius 3 is 2.38 bits per heavy atom. The first-order chi connectivity index (χ1) is 13.7. The smallest absolute Gasteiger partial charge is 0.416 e. The number of hydrogen-bond acceptors (Lipinski definition) is 5. The van der Waals surface area contributed by atoms with E-state index in [1.54, 1.807) is 6.92 Å². The van der Waals surface area contributed by atoms with E-state index in [2.05, 4.69) is 0 Å². The molecule has 0 bridgehead atoms. The third-order valence-electron chi connectivity index (χ3n) is 4.96. The van der Waals surface area contributed by atoms with E-state index in [1.807, 2.05) is 0 Å². The van der Waals surface area contributed by atoms with Crippen molar-refractivity contribution in [1.82, 2.24) is 4.90 Å². The van der Waals surface area contributed by atoms with E-state index in [1.165, 1.54) is 24.1 Å². The van der Waals surface area contributed by atoms with Crippen LogP contribution in [0.3, 0.4) is 0 Å². The number of nitrogens with zero attached hydrogens (tertiary/aromatic N) is 1. The minimum Gasteiger partial charge on any atom is -0.466 e. The summed E-state index contributed by atoms with van der Waals surface area (Å²) in [5.74, 6) is -1.28. The number of amides is 1. The van der Waals surface area contributed by atoms with Crippen LogP contribution >= 0.6 is 0 Å². The standard InChI is InChI=1S/C20H24F3NO5/c1-3-29-18(26)12-17(25)14-8-9-24(19(27)28-2)16(11-14)10-13-4-6-15(7-5-13)20(21,22)23/h4-7,14,16H,3,8-12H2,1-2H3/t14-,16-/m0/s1. The van der Waals surface area contributed by atoms with Gasteiger partial charge < -0.3 is 14.4 Å². The van der Waals surface area contributed by atoms with E-state index in [0.717, 1.165) is 12.1 Å². The van der Waals surface area contributed by atoms with Gasteiger partial charge in [-0.15, -0.1) is 0 Å². The lowest BCUT2D eigenvalue weighted by Gasteiger charge is -2.38. The number of alkyl halides is 3. The number of ketones is 1. The van der Waals surface area contributed by atoms with Crippen LogP contribution in [-0.2, 0) is 31.7 Å². The number of ether oxygens (including phenoxy) is 2. The molecule has 9 heteroatoms. The molecule has 2 rings (SSSR count). The minimum absolute atomic E-state index is 0.184. The molecule has 1 aromatic rings. The minimum atomic E-state index is -4.42. The van der Waals surface area contributed by atoms with E-state index >= 15 is 0 Å². The van der Waals surface area contributed by atoms with E-state index in [9.17, 15) is 27.6 Å². The number of Topliss-reactive ketones (excluding diaryl/α,β-unsaturated/α-hetero) is 1. The zero-order valence-electron chi connectivity index (χ0n) is 16.3. The molecular weight excluding hydrogens is 391 g/mol. The SMILES string of the molecule is CCOC(=O)CC(=O)[C@H]1CCN(C(=O)OC)[C@@H](Cc2ccc(C(F)(F)F)cc2)C1. The van der Waals surface area contributed by atoms with E-state index < -0.39 is 35.8 Å². The van der Waals surface area contributed by atoms with Gasteiger partial charge in [-0.2, -0.15) is 13.2 Å². The van der Waals surface area contributed by atoms with Crippen molar-refractivity contribution < 1.29 is 37.0 Å². The van der Waals surface area contributed by atoms with Gasteiger partial charge in [0, 0.05) is 18.5 Å². The van der Waals surface area contributed by atoms with Gasteiger partial charge >= 0.3 is 18.2 Å². The maximum absolute atomic E-state index is 12.7. The zero-order valence-corrected chi connectivity index (χ0v) is 16.3. The average Bonchev–Trinajstić information content (AvgIpc) is 2.67. The molecule has 0 N–H and O–H groups in total. The summed E-state index contributed by atoms with van der Waals surface area (Å²) < 4.78 is 47.8. The van der Waals surface area contributed by atoms with Crippen LogP contribution in [0.15, 0.2) is 24.3 Å². The maximum atomic E-state index is 12.7.